The second-order valence-corrected chi connectivity index (χ2v) is 9.65. The van der Waals surface area contributed by atoms with E-state index in [1.54, 1.807) is 24.3 Å². The number of nitrogens with zero attached hydrogens (tertiary/aromatic N) is 1. The molecule has 2 aromatic carbocycles. The lowest BCUT2D eigenvalue weighted by Gasteiger charge is -2.31. The minimum Gasteiger partial charge on any atom is -0.462 e. The SMILES string of the molecule is CCCCOC(=O)c1ccc(NC(=O)[C@H]2CCCN(S(=O)(=O)c3ccc(F)cc3)C2)cc1. The van der Waals surface area contributed by atoms with Crippen LogP contribution in [-0.2, 0) is 19.6 Å². The fourth-order valence-electron chi connectivity index (χ4n) is 3.46. The van der Waals surface area contributed by atoms with E-state index in [4.69, 9.17) is 4.74 Å². The van der Waals surface area contributed by atoms with Crippen molar-refractivity contribution in [3.8, 4) is 0 Å². The van der Waals surface area contributed by atoms with E-state index in [-0.39, 0.29) is 17.3 Å². The number of carbonyl (C=O) groups is 2. The van der Waals surface area contributed by atoms with E-state index >= 15 is 0 Å². The topological polar surface area (TPSA) is 92.8 Å². The first-order valence-electron chi connectivity index (χ1n) is 10.6. The lowest BCUT2D eigenvalue weighted by Crippen LogP contribution is -2.43. The summed E-state index contributed by atoms with van der Waals surface area (Å²) in [6.45, 7) is 2.73. The van der Waals surface area contributed by atoms with E-state index in [0.717, 1.165) is 25.0 Å². The van der Waals surface area contributed by atoms with E-state index in [2.05, 4.69) is 5.32 Å². The van der Waals surface area contributed by atoms with Gasteiger partial charge in [-0.15, -0.1) is 0 Å². The Morgan fingerprint density at radius 2 is 1.81 bits per heavy atom. The van der Waals surface area contributed by atoms with E-state index in [0.29, 0.717) is 37.2 Å². The summed E-state index contributed by atoms with van der Waals surface area (Å²) in [5.74, 6) is -1.73. The van der Waals surface area contributed by atoms with Gasteiger partial charge >= 0.3 is 5.97 Å². The predicted octanol–water partition coefficient (Wildman–Crippen LogP) is 3.82. The van der Waals surface area contributed by atoms with Crippen molar-refractivity contribution < 1.29 is 27.1 Å². The van der Waals surface area contributed by atoms with Crippen LogP contribution in [0.2, 0.25) is 0 Å². The third kappa shape index (κ3) is 5.92. The number of unbranched alkanes of at least 4 members (excludes halogenated alkanes) is 1. The maximum absolute atomic E-state index is 13.1. The Kier molecular flexibility index (Phi) is 7.98. The number of rotatable bonds is 8. The molecule has 2 aromatic rings. The van der Waals surface area contributed by atoms with Gasteiger partial charge in [-0.2, -0.15) is 4.31 Å². The molecular formula is C23H27FN2O5S. The molecule has 1 N–H and O–H groups in total. The molecule has 1 aliphatic heterocycles. The minimum absolute atomic E-state index is 0.00127. The van der Waals surface area contributed by atoms with Crippen molar-refractivity contribution in [2.45, 2.75) is 37.5 Å². The maximum atomic E-state index is 13.1. The molecule has 1 atom stereocenters. The van der Waals surface area contributed by atoms with Crippen LogP contribution in [-0.4, -0.2) is 44.3 Å². The lowest BCUT2D eigenvalue weighted by atomic mass is 9.98. The highest BCUT2D eigenvalue weighted by atomic mass is 32.2. The van der Waals surface area contributed by atoms with Gasteiger partial charge in [0, 0.05) is 18.8 Å². The van der Waals surface area contributed by atoms with Gasteiger partial charge in [-0.05, 0) is 67.8 Å². The first-order chi connectivity index (χ1) is 15.3. The Morgan fingerprint density at radius 1 is 1.12 bits per heavy atom. The molecule has 3 rings (SSSR count). The van der Waals surface area contributed by atoms with Crippen LogP contribution >= 0.6 is 0 Å². The Hall–Kier alpha value is -2.78. The number of amides is 1. The van der Waals surface area contributed by atoms with Crippen molar-refractivity contribution in [1.29, 1.82) is 0 Å². The van der Waals surface area contributed by atoms with E-state index < -0.39 is 27.7 Å². The zero-order valence-corrected chi connectivity index (χ0v) is 18.7. The van der Waals surface area contributed by atoms with Gasteiger partial charge in [-0.3, -0.25) is 4.79 Å². The fraction of sp³-hybridized carbons (Fsp3) is 0.391. The van der Waals surface area contributed by atoms with Gasteiger partial charge in [0.2, 0.25) is 15.9 Å². The van der Waals surface area contributed by atoms with Crippen LogP contribution in [0.4, 0.5) is 10.1 Å². The molecule has 0 radical (unpaired) electrons. The summed E-state index contributed by atoms with van der Waals surface area (Å²) in [5.41, 5.74) is 0.909. The van der Waals surface area contributed by atoms with Crippen LogP contribution in [0, 0.1) is 11.7 Å². The number of nitrogens with one attached hydrogen (secondary N) is 1. The summed E-state index contributed by atoms with van der Waals surface area (Å²) in [4.78, 5) is 24.7. The van der Waals surface area contributed by atoms with Gasteiger partial charge < -0.3 is 10.1 Å². The highest BCUT2D eigenvalue weighted by molar-refractivity contribution is 7.89. The number of ether oxygens (including phenoxy) is 1. The van der Waals surface area contributed by atoms with Crippen molar-refractivity contribution >= 4 is 27.6 Å². The highest BCUT2D eigenvalue weighted by Gasteiger charge is 2.33. The lowest BCUT2D eigenvalue weighted by molar-refractivity contribution is -0.120. The normalized spacial score (nSPS) is 17.0. The number of piperidine rings is 1. The molecule has 0 spiro atoms. The zero-order chi connectivity index (χ0) is 23.1. The van der Waals surface area contributed by atoms with Gasteiger partial charge in [-0.25, -0.2) is 17.6 Å². The highest BCUT2D eigenvalue weighted by Crippen LogP contribution is 2.25. The first-order valence-corrected chi connectivity index (χ1v) is 12.1. The standard InChI is InChI=1S/C23H27FN2O5S/c1-2-3-15-31-23(28)17-6-10-20(11-7-17)25-22(27)18-5-4-14-26(16-18)32(29,30)21-12-8-19(24)9-13-21/h6-13,18H,2-5,14-16H2,1H3,(H,25,27)/t18-/m0/s1. The molecule has 0 unspecified atom stereocenters. The van der Waals surface area contributed by atoms with Gasteiger partial charge in [-0.1, -0.05) is 13.3 Å². The van der Waals surface area contributed by atoms with Crippen molar-refractivity contribution in [3.63, 3.8) is 0 Å². The summed E-state index contributed by atoms with van der Waals surface area (Å²) in [7, 11) is -3.81. The van der Waals surface area contributed by atoms with E-state index in [1.807, 2.05) is 6.92 Å². The average molecular weight is 463 g/mol. The largest absolute Gasteiger partial charge is 0.462 e. The Morgan fingerprint density at radius 3 is 2.47 bits per heavy atom. The van der Waals surface area contributed by atoms with Crippen LogP contribution in [0.3, 0.4) is 0 Å². The molecule has 1 aliphatic rings. The average Bonchev–Trinajstić information content (AvgIpc) is 2.80. The number of anilines is 1. The molecular weight excluding hydrogens is 435 g/mol. The molecule has 0 aromatic heterocycles. The van der Waals surface area contributed by atoms with E-state index in [9.17, 15) is 22.4 Å². The smallest absolute Gasteiger partial charge is 0.338 e. The van der Waals surface area contributed by atoms with Gasteiger partial charge in [0.25, 0.3) is 0 Å². The number of hydrogen-bond acceptors (Lipinski definition) is 5. The van der Waals surface area contributed by atoms with Crippen LogP contribution in [0.1, 0.15) is 43.0 Å². The van der Waals surface area contributed by atoms with Crippen molar-refractivity contribution in [2.75, 3.05) is 25.0 Å². The summed E-state index contributed by atoms with van der Waals surface area (Å²) in [5, 5.41) is 2.79. The van der Waals surface area contributed by atoms with Gasteiger partial charge in [0.15, 0.2) is 0 Å². The molecule has 9 heteroatoms. The maximum Gasteiger partial charge on any atom is 0.338 e. The second kappa shape index (κ2) is 10.7. The zero-order valence-electron chi connectivity index (χ0n) is 17.9. The van der Waals surface area contributed by atoms with Gasteiger partial charge in [0.1, 0.15) is 5.82 Å². The first kappa shape index (κ1) is 23.9. The molecule has 0 bridgehead atoms. The van der Waals surface area contributed by atoms with Gasteiger partial charge in [0.05, 0.1) is 23.0 Å². The number of hydrogen-bond donors (Lipinski definition) is 1. The fourth-order valence-corrected chi connectivity index (χ4v) is 4.98. The molecule has 32 heavy (non-hydrogen) atoms. The molecule has 0 saturated carbocycles. The van der Waals surface area contributed by atoms with Crippen molar-refractivity contribution in [2.24, 2.45) is 5.92 Å². The number of carbonyl (C=O) groups excluding carboxylic acids is 2. The molecule has 1 heterocycles. The molecule has 1 fully saturated rings. The quantitative estimate of drug-likeness (QED) is 0.476. The monoisotopic (exact) mass is 462 g/mol. The molecule has 172 valence electrons. The Labute approximate surface area is 187 Å². The van der Waals surface area contributed by atoms with Crippen LogP contribution in [0.25, 0.3) is 0 Å². The molecule has 1 saturated heterocycles. The Bertz CT molecular complexity index is 1040. The van der Waals surface area contributed by atoms with Crippen LogP contribution < -0.4 is 5.32 Å². The number of sulfonamides is 1. The number of halogens is 1. The van der Waals surface area contributed by atoms with Crippen molar-refractivity contribution in [1.82, 2.24) is 4.31 Å². The number of esters is 1. The molecule has 0 aliphatic carbocycles. The second-order valence-electron chi connectivity index (χ2n) is 7.71. The summed E-state index contributed by atoms with van der Waals surface area (Å²) >= 11 is 0. The van der Waals surface area contributed by atoms with Crippen molar-refractivity contribution in [3.05, 3.63) is 59.9 Å². The molecule has 7 nitrogen and oxygen atoms in total. The summed E-state index contributed by atoms with van der Waals surface area (Å²) < 4.78 is 45.3. The summed E-state index contributed by atoms with van der Waals surface area (Å²) in [6, 6.07) is 11.0. The predicted molar refractivity (Wildman–Crippen MR) is 118 cm³/mol. The summed E-state index contributed by atoms with van der Waals surface area (Å²) in [6.07, 6.45) is 2.83. The third-order valence-electron chi connectivity index (χ3n) is 5.33. The minimum atomic E-state index is -3.81. The van der Waals surface area contributed by atoms with Crippen LogP contribution in [0.5, 0.6) is 0 Å². The van der Waals surface area contributed by atoms with Crippen LogP contribution in [0.15, 0.2) is 53.4 Å². The molecule has 1 amide bonds. The Balaban J connectivity index is 1.60. The third-order valence-corrected chi connectivity index (χ3v) is 7.20. The number of benzene rings is 2. The van der Waals surface area contributed by atoms with E-state index in [1.165, 1.54) is 16.4 Å².